The molecule has 2 atom stereocenters. The highest BCUT2D eigenvalue weighted by atomic mass is 16.5. The summed E-state index contributed by atoms with van der Waals surface area (Å²) >= 11 is 0. The van der Waals surface area contributed by atoms with Crippen LogP contribution in [0.3, 0.4) is 0 Å². The van der Waals surface area contributed by atoms with Gasteiger partial charge in [0.05, 0.1) is 6.10 Å². The summed E-state index contributed by atoms with van der Waals surface area (Å²) in [6.45, 7) is 5.27. The molecule has 13 heavy (non-hydrogen) atoms. The number of ether oxygens (including phenoxy) is 1. The van der Waals surface area contributed by atoms with E-state index in [2.05, 4.69) is 31.2 Å². The smallest absolute Gasteiger partial charge is 0.0561 e. The zero-order valence-corrected chi connectivity index (χ0v) is 9.05. The van der Waals surface area contributed by atoms with Crippen molar-refractivity contribution < 1.29 is 4.74 Å². The lowest BCUT2D eigenvalue weighted by Crippen LogP contribution is -2.40. The molecule has 0 aromatic carbocycles. The van der Waals surface area contributed by atoms with E-state index >= 15 is 0 Å². The number of nitrogens with zero attached hydrogens (tertiary/aromatic N) is 1. The molecule has 1 rings (SSSR count). The van der Waals surface area contributed by atoms with E-state index in [4.69, 9.17) is 4.74 Å². The Bertz CT molecular complexity index is 139. The van der Waals surface area contributed by atoms with E-state index in [0.29, 0.717) is 12.1 Å². The normalized spacial score (nSPS) is 29.5. The molecule has 1 saturated heterocycles. The predicted octanol–water partition coefficient (Wildman–Crippen LogP) is 0.705. The largest absolute Gasteiger partial charge is 0.378 e. The lowest BCUT2D eigenvalue weighted by molar-refractivity contribution is 0.0132. The molecular weight excluding hydrogens is 164 g/mol. The molecule has 0 aromatic rings. The third kappa shape index (κ3) is 4.60. The summed E-state index contributed by atoms with van der Waals surface area (Å²) in [4.78, 5) is 2.20. The fourth-order valence-corrected chi connectivity index (χ4v) is 1.68. The molecule has 1 heterocycles. The first-order chi connectivity index (χ1) is 6.18. The van der Waals surface area contributed by atoms with Crippen LogP contribution in [-0.2, 0) is 4.74 Å². The second-order valence-corrected chi connectivity index (χ2v) is 4.16. The Hall–Kier alpha value is -0.120. The van der Waals surface area contributed by atoms with E-state index < -0.39 is 0 Å². The van der Waals surface area contributed by atoms with E-state index in [9.17, 15) is 0 Å². The second-order valence-electron chi connectivity index (χ2n) is 4.16. The number of likely N-dealkylation sites (N-methyl/N-ethyl adjacent to an activating group) is 1. The van der Waals surface area contributed by atoms with Gasteiger partial charge in [-0.15, -0.1) is 0 Å². The lowest BCUT2D eigenvalue weighted by atomic mass is 10.0. The lowest BCUT2D eigenvalue weighted by Gasteiger charge is -2.28. The van der Waals surface area contributed by atoms with Crippen molar-refractivity contribution in [2.24, 2.45) is 0 Å². The van der Waals surface area contributed by atoms with Gasteiger partial charge in [0.15, 0.2) is 0 Å². The molecule has 0 bridgehead atoms. The van der Waals surface area contributed by atoms with E-state index in [1.54, 1.807) is 0 Å². The van der Waals surface area contributed by atoms with Crippen LogP contribution in [0.25, 0.3) is 0 Å². The van der Waals surface area contributed by atoms with Gasteiger partial charge in [-0.2, -0.15) is 0 Å². The maximum absolute atomic E-state index is 5.49. The van der Waals surface area contributed by atoms with E-state index in [1.807, 2.05) is 0 Å². The summed E-state index contributed by atoms with van der Waals surface area (Å²) in [5.41, 5.74) is 0. The van der Waals surface area contributed by atoms with Crippen LogP contribution in [0.2, 0.25) is 0 Å². The van der Waals surface area contributed by atoms with Gasteiger partial charge in [-0.05, 0) is 33.9 Å². The Kier molecular flexibility index (Phi) is 4.70. The van der Waals surface area contributed by atoms with Gasteiger partial charge in [0.1, 0.15) is 0 Å². The minimum absolute atomic E-state index is 0.436. The SMILES string of the molecule is CC1CC(NCCN(C)C)CCO1. The van der Waals surface area contributed by atoms with Crippen molar-refractivity contribution in [2.75, 3.05) is 33.8 Å². The Morgan fingerprint density at radius 3 is 2.85 bits per heavy atom. The first-order valence-electron chi connectivity index (χ1n) is 5.18. The highest BCUT2D eigenvalue weighted by molar-refractivity contribution is 4.74. The van der Waals surface area contributed by atoms with E-state index in [0.717, 1.165) is 32.5 Å². The van der Waals surface area contributed by atoms with Gasteiger partial charge in [0.25, 0.3) is 0 Å². The van der Waals surface area contributed by atoms with Gasteiger partial charge in [0, 0.05) is 25.7 Å². The maximum Gasteiger partial charge on any atom is 0.0561 e. The summed E-state index contributed by atoms with van der Waals surface area (Å²) < 4.78 is 5.49. The molecule has 3 heteroatoms. The van der Waals surface area contributed by atoms with Crippen LogP contribution in [0, 0.1) is 0 Å². The van der Waals surface area contributed by atoms with Crippen molar-refractivity contribution in [1.29, 1.82) is 0 Å². The fourth-order valence-electron chi connectivity index (χ4n) is 1.68. The number of rotatable bonds is 4. The van der Waals surface area contributed by atoms with Crippen molar-refractivity contribution in [1.82, 2.24) is 10.2 Å². The molecule has 0 spiro atoms. The number of nitrogens with one attached hydrogen (secondary N) is 1. The quantitative estimate of drug-likeness (QED) is 0.699. The highest BCUT2D eigenvalue weighted by Gasteiger charge is 2.18. The van der Waals surface area contributed by atoms with Crippen molar-refractivity contribution in [3.8, 4) is 0 Å². The molecular formula is C10H22N2O. The highest BCUT2D eigenvalue weighted by Crippen LogP contribution is 2.12. The van der Waals surface area contributed by atoms with Crippen molar-refractivity contribution in [3.05, 3.63) is 0 Å². The molecule has 1 fully saturated rings. The molecule has 1 aliphatic rings. The van der Waals surface area contributed by atoms with Gasteiger partial charge >= 0.3 is 0 Å². The van der Waals surface area contributed by atoms with Gasteiger partial charge in [0.2, 0.25) is 0 Å². The van der Waals surface area contributed by atoms with Crippen molar-refractivity contribution in [2.45, 2.75) is 31.9 Å². The molecule has 0 radical (unpaired) electrons. The molecule has 3 nitrogen and oxygen atoms in total. The molecule has 2 unspecified atom stereocenters. The number of hydrogen-bond acceptors (Lipinski definition) is 3. The van der Waals surface area contributed by atoms with Crippen LogP contribution >= 0.6 is 0 Å². The Labute approximate surface area is 81.4 Å². The molecule has 0 amide bonds. The van der Waals surface area contributed by atoms with Gasteiger partial charge in [-0.1, -0.05) is 0 Å². The summed E-state index contributed by atoms with van der Waals surface area (Å²) in [6.07, 6.45) is 2.76. The van der Waals surface area contributed by atoms with Crippen LogP contribution in [0.4, 0.5) is 0 Å². The summed E-state index contributed by atoms with van der Waals surface area (Å²) in [5, 5.41) is 3.56. The maximum atomic E-state index is 5.49. The third-order valence-corrected chi connectivity index (χ3v) is 2.48. The molecule has 0 aliphatic carbocycles. The van der Waals surface area contributed by atoms with Crippen molar-refractivity contribution >= 4 is 0 Å². The Morgan fingerprint density at radius 2 is 2.23 bits per heavy atom. The topological polar surface area (TPSA) is 24.5 Å². The van der Waals surface area contributed by atoms with Crippen LogP contribution < -0.4 is 5.32 Å². The van der Waals surface area contributed by atoms with Crippen LogP contribution in [-0.4, -0.2) is 50.8 Å². The number of hydrogen-bond donors (Lipinski definition) is 1. The Balaban J connectivity index is 2.06. The first kappa shape index (κ1) is 11.0. The molecule has 0 aromatic heterocycles. The van der Waals surface area contributed by atoms with Gasteiger partial charge in [-0.3, -0.25) is 0 Å². The molecule has 78 valence electrons. The van der Waals surface area contributed by atoms with Gasteiger partial charge < -0.3 is 15.0 Å². The fraction of sp³-hybridized carbons (Fsp3) is 1.00. The summed E-state index contributed by atoms with van der Waals surface area (Å²) in [5.74, 6) is 0. The third-order valence-electron chi connectivity index (χ3n) is 2.48. The molecule has 0 saturated carbocycles. The standard InChI is InChI=1S/C10H22N2O/c1-9-8-10(4-7-13-9)11-5-6-12(2)3/h9-11H,4-8H2,1-3H3. The van der Waals surface area contributed by atoms with E-state index in [1.165, 1.54) is 0 Å². The monoisotopic (exact) mass is 186 g/mol. The average Bonchev–Trinajstić information content (AvgIpc) is 2.03. The van der Waals surface area contributed by atoms with Gasteiger partial charge in [-0.25, -0.2) is 0 Å². The first-order valence-corrected chi connectivity index (χ1v) is 5.18. The molecule has 1 N–H and O–H groups in total. The van der Waals surface area contributed by atoms with Crippen LogP contribution in [0.5, 0.6) is 0 Å². The zero-order valence-electron chi connectivity index (χ0n) is 9.05. The minimum Gasteiger partial charge on any atom is -0.378 e. The van der Waals surface area contributed by atoms with E-state index in [-0.39, 0.29) is 0 Å². The second kappa shape index (κ2) is 5.58. The van der Waals surface area contributed by atoms with Crippen molar-refractivity contribution in [3.63, 3.8) is 0 Å². The summed E-state index contributed by atoms with van der Waals surface area (Å²) in [7, 11) is 4.21. The average molecular weight is 186 g/mol. The van der Waals surface area contributed by atoms with Crippen LogP contribution in [0.1, 0.15) is 19.8 Å². The molecule has 1 aliphatic heterocycles. The zero-order chi connectivity index (χ0) is 9.68. The minimum atomic E-state index is 0.436. The summed E-state index contributed by atoms with van der Waals surface area (Å²) in [6, 6.07) is 0.670. The van der Waals surface area contributed by atoms with Crippen LogP contribution in [0.15, 0.2) is 0 Å². The Morgan fingerprint density at radius 1 is 1.46 bits per heavy atom. The predicted molar refractivity (Wildman–Crippen MR) is 55.0 cm³/mol.